The van der Waals surface area contributed by atoms with E-state index < -0.39 is 5.91 Å². The molecule has 1 aliphatic heterocycles. The van der Waals surface area contributed by atoms with E-state index in [1.54, 1.807) is 42.6 Å². The molecule has 11 heteroatoms. The first-order valence-electron chi connectivity index (χ1n) is 10.4. The molecule has 1 saturated heterocycles. The second-order valence-electron chi connectivity index (χ2n) is 7.44. The highest BCUT2D eigenvalue weighted by Gasteiger charge is 2.22. The zero-order valence-corrected chi connectivity index (χ0v) is 17.4. The number of fused-ring (bicyclic) bond motifs is 1. The van der Waals surface area contributed by atoms with Crippen molar-refractivity contribution in [2.24, 2.45) is 5.92 Å². The average molecular weight is 448 g/mol. The summed E-state index contributed by atoms with van der Waals surface area (Å²) in [5, 5.41) is 13.5. The number of nitrogens with zero attached hydrogens (tertiary/aromatic N) is 4. The number of imidazole rings is 1. The standard InChI is InChI=1S/C22H20N6O5/c29-21(14-7-10-31-11-8-14)26-18-13-28-19(25-18)4-5-20(27-28)32-16-3-1-2-15(12-16)24-22(30)17-6-9-23-33-17/h1-6,9,12-14H,7-8,10-11H2,(H,24,30)(H,26,29). The Hall–Kier alpha value is -4.25. The number of hydrogen-bond acceptors (Lipinski definition) is 8. The van der Waals surface area contributed by atoms with Gasteiger partial charge >= 0.3 is 0 Å². The number of rotatable bonds is 6. The van der Waals surface area contributed by atoms with Crippen molar-refractivity contribution in [3.8, 4) is 11.6 Å². The van der Waals surface area contributed by atoms with Crippen LogP contribution in [0.3, 0.4) is 0 Å². The van der Waals surface area contributed by atoms with Gasteiger partial charge in [-0.1, -0.05) is 11.2 Å². The van der Waals surface area contributed by atoms with Crippen LogP contribution in [0, 0.1) is 5.92 Å². The Kier molecular flexibility index (Phi) is 5.68. The van der Waals surface area contributed by atoms with Crippen LogP contribution in [0.2, 0.25) is 0 Å². The van der Waals surface area contributed by atoms with Crippen molar-refractivity contribution in [3.05, 3.63) is 60.6 Å². The molecule has 0 spiro atoms. The van der Waals surface area contributed by atoms with Crippen LogP contribution in [0.25, 0.3) is 5.65 Å². The number of amides is 2. The number of anilines is 2. The average Bonchev–Trinajstić information content (AvgIpc) is 3.49. The second kappa shape index (κ2) is 9.09. The van der Waals surface area contributed by atoms with E-state index in [9.17, 15) is 9.59 Å². The predicted molar refractivity (Wildman–Crippen MR) is 116 cm³/mol. The van der Waals surface area contributed by atoms with Crippen LogP contribution in [0.5, 0.6) is 11.6 Å². The number of aromatic nitrogens is 4. The van der Waals surface area contributed by atoms with Crippen molar-refractivity contribution in [2.45, 2.75) is 12.8 Å². The summed E-state index contributed by atoms with van der Waals surface area (Å²) in [6.07, 6.45) is 4.43. The summed E-state index contributed by atoms with van der Waals surface area (Å²) in [5.41, 5.74) is 1.09. The number of carbonyl (C=O) groups excluding carboxylic acids is 2. The Balaban J connectivity index is 1.26. The van der Waals surface area contributed by atoms with Crippen LogP contribution in [-0.2, 0) is 9.53 Å². The summed E-state index contributed by atoms with van der Waals surface area (Å²) in [7, 11) is 0. The fourth-order valence-electron chi connectivity index (χ4n) is 3.45. The van der Waals surface area contributed by atoms with Gasteiger partial charge in [-0.3, -0.25) is 9.59 Å². The SMILES string of the molecule is O=C(Nc1cccc(Oc2ccc3nc(NC(=O)C4CCOCC4)cn3n2)c1)c1ccno1. The summed E-state index contributed by atoms with van der Waals surface area (Å²) in [6, 6.07) is 11.7. The number of nitrogens with one attached hydrogen (secondary N) is 2. The largest absolute Gasteiger partial charge is 0.438 e. The Morgan fingerprint density at radius 1 is 1.09 bits per heavy atom. The van der Waals surface area contributed by atoms with Crippen LogP contribution >= 0.6 is 0 Å². The zero-order chi connectivity index (χ0) is 22.6. The molecule has 11 nitrogen and oxygen atoms in total. The third-order valence-corrected chi connectivity index (χ3v) is 5.11. The van der Waals surface area contributed by atoms with Gasteiger partial charge in [-0.25, -0.2) is 9.50 Å². The van der Waals surface area contributed by atoms with E-state index >= 15 is 0 Å². The Morgan fingerprint density at radius 3 is 2.79 bits per heavy atom. The topological polar surface area (TPSA) is 133 Å². The maximum atomic E-state index is 12.4. The lowest BCUT2D eigenvalue weighted by molar-refractivity contribution is -0.122. The molecule has 1 fully saturated rings. The molecule has 0 atom stereocenters. The molecule has 5 rings (SSSR count). The maximum absolute atomic E-state index is 12.4. The normalized spacial score (nSPS) is 14.2. The molecule has 1 aromatic carbocycles. The number of benzene rings is 1. The fourth-order valence-corrected chi connectivity index (χ4v) is 3.45. The van der Waals surface area contributed by atoms with Gasteiger partial charge in [0.1, 0.15) is 5.75 Å². The smallest absolute Gasteiger partial charge is 0.294 e. The molecule has 1 aliphatic rings. The van der Waals surface area contributed by atoms with Crippen LogP contribution in [0.4, 0.5) is 11.5 Å². The van der Waals surface area contributed by atoms with Crippen LogP contribution < -0.4 is 15.4 Å². The minimum atomic E-state index is -0.419. The van der Waals surface area contributed by atoms with Gasteiger partial charge < -0.3 is 24.6 Å². The molecule has 4 heterocycles. The van der Waals surface area contributed by atoms with E-state index in [0.717, 1.165) is 0 Å². The van der Waals surface area contributed by atoms with Gasteiger partial charge in [-0.05, 0) is 31.0 Å². The molecule has 0 saturated carbocycles. The van der Waals surface area contributed by atoms with Crippen molar-refractivity contribution in [3.63, 3.8) is 0 Å². The van der Waals surface area contributed by atoms with E-state index in [0.29, 0.717) is 54.8 Å². The minimum absolute atomic E-state index is 0.0672. The highest BCUT2D eigenvalue weighted by Crippen LogP contribution is 2.24. The molecule has 4 aromatic rings. The summed E-state index contributed by atoms with van der Waals surface area (Å²) in [4.78, 5) is 28.9. The molecule has 2 amide bonds. The third kappa shape index (κ3) is 4.83. The molecular weight excluding hydrogens is 428 g/mol. The molecule has 3 aromatic heterocycles. The van der Waals surface area contributed by atoms with E-state index in [2.05, 4.69) is 25.9 Å². The van der Waals surface area contributed by atoms with E-state index in [1.165, 1.54) is 16.8 Å². The molecule has 0 bridgehead atoms. The molecular formula is C22H20N6O5. The lowest BCUT2D eigenvalue weighted by atomic mass is 10.00. The van der Waals surface area contributed by atoms with Gasteiger partial charge in [0.2, 0.25) is 17.5 Å². The molecule has 33 heavy (non-hydrogen) atoms. The molecule has 168 valence electrons. The van der Waals surface area contributed by atoms with Gasteiger partial charge in [0.15, 0.2) is 11.5 Å². The van der Waals surface area contributed by atoms with E-state index in [-0.39, 0.29) is 17.6 Å². The third-order valence-electron chi connectivity index (χ3n) is 5.11. The van der Waals surface area contributed by atoms with Gasteiger partial charge in [-0.15, -0.1) is 5.10 Å². The summed E-state index contributed by atoms with van der Waals surface area (Å²) < 4.78 is 17.5. The first kappa shape index (κ1) is 20.6. The quantitative estimate of drug-likeness (QED) is 0.460. The van der Waals surface area contributed by atoms with E-state index in [4.69, 9.17) is 14.0 Å². The van der Waals surface area contributed by atoms with Crippen molar-refractivity contribution >= 4 is 29.0 Å². The first-order valence-corrected chi connectivity index (χ1v) is 10.4. The molecule has 0 unspecified atom stereocenters. The Labute approximate surface area is 187 Å². The lowest BCUT2D eigenvalue weighted by Gasteiger charge is -2.20. The monoisotopic (exact) mass is 448 g/mol. The van der Waals surface area contributed by atoms with Crippen LogP contribution in [0.1, 0.15) is 23.4 Å². The van der Waals surface area contributed by atoms with Gasteiger partial charge in [0.25, 0.3) is 5.91 Å². The summed E-state index contributed by atoms with van der Waals surface area (Å²) in [6.45, 7) is 1.19. The minimum Gasteiger partial charge on any atom is -0.438 e. The Morgan fingerprint density at radius 2 is 1.97 bits per heavy atom. The maximum Gasteiger partial charge on any atom is 0.294 e. The van der Waals surface area contributed by atoms with Crippen molar-refractivity contribution in [1.29, 1.82) is 0 Å². The van der Waals surface area contributed by atoms with Gasteiger partial charge in [0, 0.05) is 43.0 Å². The van der Waals surface area contributed by atoms with Gasteiger partial charge in [0.05, 0.1) is 12.4 Å². The highest BCUT2D eigenvalue weighted by molar-refractivity contribution is 6.02. The van der Waals surface area contributed by atoms with Crippen LogP contribution in [0.15, 0.2) is 59.4 Å². The van der Waals surface area contributed by atoms with Gasteiger partial charge in [-0.2, -0.15) is 0 Å². The fraction of sp³-hybridized carbons (Fsp3) is 0.227. The number of hydrogen-bond donors (Lipinski definition) is 2. The van der Waals surface area contributed by atoms with E-state index in [1.807, 2.05) is 0 Å². The van der Waals surface area contributed by atoms with Crippen molar-refractivity contribution in [1.82, 2.24) is 19.8 Å². The first-order chi connectivity index (χ1) is 16.1. The molecule has 2 N–H and O–H groups in total. The van der Waals surface area contributed by atoms with Crippen LogP contribution in [-0.4, -0.2) is 44.8 Å². The number of carbonyl (C=O) groups is 2. The second-order valence-corrected chi connectivity index (χ2v) is 7.44. The summed E-state index contributed by atoms with van der Waals surface area (Å²) in [5.74, 6) is 0.764. The highest BCUT2D eigenvalue weighted by atomic mass is 16.5. The number of ether oxygens (including phenoxy) is 2. The zero-order valence-electron chi connectivity index (χ0n) is 17.4. The van der Waals surface area contributed by atoms with Crippen molar-refractivity contribution < 1.29 is 23.6 Å². The Bertz CT molecular complexity index is 1280. The lowest BCUT2D eigenvalue weighted by Crippen LogP contribution is -2.28. The van der Waals surface area contributed by atoms with Crippen molar-refractivity contribution in [2.75, 3.05) is 23.8 Å². The predicted octanol–water partition coefficient (Wildman–Crippen LogP) is 3.13. The molecule has 0 aliphatic carbocycles. The summed E-state index contributed by atoms with van der Waals surface area (Å²) >= 11 is 0. The molecule has 0 radical (unpaired) electrons.